The molecule has 1 amide bonds. The number of nitrogens with one attached hydrogen (secondary N) is 2. The van der Waals surface area contributed by atoms with E-state index in [1.54, 1.807) is 12.1 Å². The number of aryl methyl sites for hydroxylation is 1. The monoisotopic (exact) mass is 236 g/mol. The van der Waals surface area contributed by atoms with E-state index in [0.29, 0.717) is 13.1 Å². The summed E-state index contributed by atoms with van der Waals surface area (Å²) in [7, 11) is 0. The number of benzene rings is 1. The predicted molar refractivity (Wildman–Crippen MR) is 63.0 cm³/mol. The van der Waals surface area contributed by atoms with Gasteiger partial charge in [-0.3, -0.25) is 4.79 Å². The van der Waals surface area contributed by atoms with Crippen LogP contribution in [0.2, 0.25) is 0 Å². The number of hydrogen-bond acceptors (Lipinski definition) is 4. The number of β-amino-alcohol motifs (C(OH)–C–C–N with tert-alkyl or cyclic N) is 1. The molecule has 1 fully saturated rings. The van der Waals surface area contributed by atoms with Crippen LogP contribution >= 0.6 is 0 Å². The van der Waals surface area contributed by atoms with Crippen molar-refractivity contribution < 1.29 is 15.0 Å². The van der Waals surface area contributed by atoms with Crippen molar-refractivity contribution >= 4 is 5.91 Å². The Labute approximate surface area is 99.5 Å². The van der Waals surface area contributed by atoms with E-state index < -0.39 is 5.60 Å². The second kappa shape index (κ2) is 4.35. The fourth-order valence-electron chi connectivity index (χ4n) is 1.71. The maximum atomic E-state index is 11.8. The molecule has 0 spiro atoms. The predicted octanol–water partition coefficient (Wildman–Crippen LogP) is -0.235. The van der Waals surface area contributed by atoms with Crippen LogP contribution < -0.4 is 10.6 Å². The van der Waals surface area contributed by atoms with Gasteiger partial charge in [0.05, 0.1) is 5.56 Å². The van der Waals surface area contributed by atoms with E-state index in [4.69, 9.17) is 0 Å². The standard InChI is InChI=1S/C12H16N2O3/c1-8-2-3-9(10(15)4-8)11(16)14-7-12(17)5-13-6-12/h2-4,13,15,17H,5-7H2,1H3,(H,14,16). The first kappa shape index (κ1) is 11.9. The van der Waals surface area contributed by atoms with Gasteiger partial charge in [-0.2, -0.15) is 0 Å². The number of aromatic hydroxyl groups is 1. The molecule has 1 aliphatic rings. The molecule has 0 saturated carbocycles. The number of hydrogen-bond donors (Lipinski definition) is 4. The Morgan fingerprint density at radius 1 is 1.53 bits per heavy atom. The molecule has 1 aliphatic heterocycles. The summed E-state index contributed by atoms with van der Waals surface area (Å²) in [6.07, 6.45) is 0. The van der Waals surface area contributed by atoms with E-state index in [1.807, 2.05) is 6.92 Å². The molecule has 17 heavy (non-hydrogen) atoms. The molecule has 1 aromatic rings. The molecular weight excluding hydrogens is 220 g/mol. The summed E-state index contributed by atoms with van der Waals surface area (Å²) in [6, 6.07) is 4.87. The van der Waals surface area contributed by atoms with Gasteiger partial charge in [0.2, 0.25) is 0 Å². The molecule has 0 unspecified atom stereocenters. The molecule has 1 heterocycles. The molecule has 5 nitrogen and oxygen atoms in total. The van der Waals surface area contributed by atoms with E-state index in [0.717, 1.165) is 5.56 Å². The minimum atomic E-state index is -0.851. The maximum absolute atomic E-state index is 11.8. The number of phenols is 1. The largest absolute Gasteiger partial charge is 0.507 e. The van der Waals surface area contributed by atoms with Crippen molar-refractivity contribution in [2.75, 3.05) is 19.6 Å². The van der Waals surface area contributed by atoms with Crippen molar-refractivity contribution in [3.63, 3.8) is 0 Å². The van der Waals surface area contributed by atoms with Crippen molar-refractivity contribution in [3.8, 4) is 5.75 Å². The first-order valence-corrected chi connectivity index (χ1v) is 5.51. The fraction of sp³-hybridized carbons (Fsp3) is 0.417. The van der Waals surface area contributed by atoms with Gasteiger partial charge in [0.1, 0.15) is 11.4 Å². The molecule has 0 atom stereocenters. The second-order valence-electron chi connectivity index (χ2n) is 4.53. The first-order valence-electron chi connectivity index (χ1n) is 5.51. The third-order valence-corrected chi connectivity index (χ3v) is 2.88. The Bertz CT molecular complexity index is 441. The summed E-state index contributed by atoms with van der Waals surface area (Å²) >= 11 is 0. The molecule has 5 heteroatoms. The summed E-state index contributed by atoms with van der Waals surface area (Å²) in [6.45, 7) is 2.98. The van der Waals surface area contributed by atoms with Gasteiger partial charge >= 0.3 is 0 Å². The summed E-state index contributed by atoms with van der Waals surface area (Å²) < 4.78 is 0. The lowest BCUT2D eigenvalue weighted by Gasteiger charge is -2.37. The van der Waals surface area contributed by atoms with Crippen LogP contribution in [0.1, 0.15) is 15.9 Å². The quantitative estimate of drug-likeness (QED) is 0.584. The zero-order chi connectivity index (χ0) is 12.5. The highest BCUT2D eigenvalue weighted by atomic mass is 16.3. The van der Waals surface area contributed by atoms with E-state index in [-0.39, 0.29) is 23.8 Å². The van der Waals surface area contributed by atoms with Gasteiger partial charge in [0, 0.05) is 19.6 Å². The summed E-state index contributed by atoms with van der Waals surface area (Å²) in [4.78, 5) is 11.8. The maximum Gasteiger partial charge on any atom is 0.255 e. The zero-order valence-electron chi connectivity index (χ0n) is 9.66. The highest BCUT2D eigenvalue weighted by Crippen LogP contribution is 2.18. The third kappa shape index (κ3) is 2.57. The summed E-state index contributed by atoms with van der Waals surface area (Å²) in [5.41, 5.74) is 0.267. The number of carbonyl (C=O) groups is 1. The van der Waals surface area contributed by atoms with E-state index in [9.17, 15) is 15.0 Å². The molecule has 4 N–H and O–H groups in total. The van der Waals surface area contributed by atoms with Crippen molar-refractivity contribution in [2.24, 2.45) is 0 Å². The highest BCUT2D eigenvalue weighted by Gasteiger charge is 2.34. The summed E-state index contributed by atoms with van der Waals surface area (Å²) in [5, 5.41) is 25.0. The lowest BCUT2D eigenvalue weighted by atomic mass is 9.97. The average Bonchev–Trinajstić information content (AvgIpc) is 2.23. The van der Waals surface area contributed by atoms with E-state index in [2.05, 4.69) is 10.6 Å². The first-order chi connectivity index (χ1) is 8.00. The van der Waals surface area contributed by atoms with E-state index >= 15 is 0 Å². The number of rotatable bonds is 3. The van der Waals surface area contributed by atoms with Crippen LogP contribution in [-0.4, -0.2) is 41.4 Å². The van der Waals surface area contributed by atoms with Crippen molar-refractivity contribution in [2.45, 2.75) is 12.5 Å². The molecule has 0 aromatic heterocycles. The number of carbonyl (C=O) groups excluding carboxylic acids is 1. The number of aliphatic hydroxyl groups is 1. The highest BCUT2D eigenvalue weighted by molar-refractivity contribution is 5.96. The Morgan fingerprint density at radius 2 is 2.24 bits per heavy atom. The molecule has 1 aromatic carbocycles. The van der Waals surface area contributed by atoms with Gasteiger partial charge in [-0.05, 0) is 24.6 Å². The average molecular weight is 236 g/mol. The van der Waals surface area contributed by atoms with Gasteiger partial charge < -0.3 is 20.8 Å². The lowest BCUT2D eigenvalue weighted by molar-refractivity contribution is -0.00762. The lowest BCUT2D eigenvalue weighted by Crippen LogP contribution is -2.64. The molecular formula is C12H16N2O3. The topological polar surface area (TPSA) is 81.6 Å². The Kier molecular flexibility index (Phi) is 3.04. The van der Waals surface area contributed by atoms with Gasteiger partial charge in [0.25, 0.3) is 5.91 Å². The Morgan fingerprint density at radius 3 is 2.76 bits per heavy atom. The molecule has 0 radical (unpaired) electrons. The minimum absolute atomic E-state index is 0.0405. The number of amides is 1. The normalized spacial score (nSPS) is 17.3. The van der Waals surface area contributed by atoms with Crippen LogP contribution in [0.25, 0.3) is 0 Å². The van der Waals surface area contributed by atoms with Crippen LogP contribution in [0.5, 0.6) is 5.75 Å². The van der Waals surface area contributed by atoms with Gasteiger partial charge in [-0.15, -0.1) is 0 Å². The Balaban J connectivity index is 1.99. The summed E-state index contributed by atoms with van der Waals surface area (Å²) in [5.74, 6) is -0.413. The minimum Gasteiger partial charge on any atom is -0.507 e. The van der Waals surface area contributed by atoms with Crippen LogP contribution in [0.15, 0.2) is 18.2 Å². The van der Waals surface area contributed by atoms with Gasteiger partial charge in [0.15, 0.2) is 0 Å². The SMILES string of the molecule is Cc1ccc(C(=O)NCC2(O)CNC2)c(O)c1. The Hall–Kier alpha value is -1.59. The van der Waals surface area contributed by atoms with Crippen LogP contribution in [-0.2, 0) is 0 Å². The molecule has 92 valence electrons. The molecule has 0 aliphatic carbocycles. The molecule has 0 bridgehead atoms. The second-order valence-corrected chi connectivity index (χ2v) is 4.53. The van der Waals surface area contributed by atoms with Gasteiger partial charge in [-0.1, -0.05) is 6.07 Å². The van der Waals surface area contributed by atoms with Crippen molar-refractivity contribution in [1.82, 2.24) is 10.6 Å². The number of phenolic OH excluding ortho intramolecular Hbond substituents is 1. The fourth-order valence-corrected chi connectivity index (χ4v) is 1.71. The van der Waals surface area contributed by atoms with Gasteiger partial charge in [-0.25, -0.2) is 0 Å². The van der Waals surface area contributed by atoms with Crippen LogP contribution in [0.3, 0.4) is 0 Å². The van der Waals surface area contributed by atoms with E-state index in [1.165, 1.54) is 6.07 Å². The third-order valence-electron chi connectivity index (χ3n) is 2.88. The van der Waals surface area contributed by atoms with Crippen molar-refractivity contribution in [1.29, 1.82) is 0 Å². The van der Waals surface area contributed by atoms with Crippen LogP contribution in [0, 0.1) is 6.92 Å². The van der Waals surface area contributed by atoms with Crippen molar-refractivity contribution in [3.05, 3.63) is 29.3 Å². The molecule has 2 rings (SSSR count). The van der Waals surface area contributed by atoms with Crippen LogP contribution in [0.4, 0.5) is 0 Å². The molecule has 1 saturated heterocycles. The zero-order valence-corrected chi connectivity index (χ0v) is 9.66. The smallest absolute Gasteiger partial charge is 0.255 e.